The van der Waals surface area contributed by atoms with Crippen molar-refractivity contribution in [3.05, 3.63) is 113 Å². The summed E-state index contributed by atoms with van der Waals surface area (Å²) in [6.07, 6.45) is 1.74. The highest BCUT2D eigenvalue weighted by molar-refractivity contribution is 5.86. The summed E-state index contributed by atoms with van der Waals surface area (Å²) in [6, 6.07) is 27.6. The molecule has 1 aliphatic heterocycles. The molecule has 0 aliphatic carbocycles. The van der Waals surface area contributed by atoms with E-state index in [-0.39, 0.29) is 17.2 Å². The number of hydrazine groups is 1. The van der Waals surface area contributed by atoms with Gasteiger partial charge in [0.25, 0.3) is 0 Å². The van der Waals surface area contributed by atoms with E-state index in [0.29, 0.717) is 13.2 Å². The highest BCUT2D eigenvalue weighted by atomic mass is 16.5. The Bertz CT molecular complexity index is 989. The molecular formula is C24H24N2O4. The lowest BCUT2D eigenvalue weighted by Crippen LogP contribution is -2.35. The van der Waals surface area contributed by atoms with E-state index >= 15 is 0 Å². The van der Waals surface area contributed by atoms with Crippen LogP contribution in [0.15, 0.2) is 96.7 Å². The van der Waals surface area contributed by atoms with Crippen molar-refractivity contribution in [2.45, 2.75) is 19.2 Å². The third kappa shape index (κ3) is 5.05. The van der Waals surface area contributed by atoms with Gasteiger partial charge < -0.3 is 20.7 Å². The summed E-state index contributed by atoms with van der Waals surface area (Å²) < 4.78 is 5.85. The summed E-state index contributed by atoms with van der Waals surface area (Å²) in [4.78, 5) is 11.5. The van der Waals surface area contributed by atoms with E-state index in [4.69, 9.17) is 4.74 Å². The molecule has 0 amide bonds. The van der Waals surface area contributed by atoms with E-state index in [1.54, 1.807) is 6.08 Å². The number of carbonyl (C=O) groups is 1. The van der Waals surface area contributed by atoms with Crippen LogP contribution in [0.2, 0.25) is 0 Å². The highest BCUT2D eigenvalue weighted by Gasteiger charge is 2.29. The van der Waals surface area contributed by atoms with Gasteiger partial charge in [0.15, 0.2) is 0 Å². The number of hydrogen-bond donors (Lipinski definition) is 2. The van der Waals surface area contributed by atoms with Gasteiger partial charge in [-0.1, -0.05) is 72.8 Å². The molecule has 1 unspecified atom stereocenters. The maximum absolute atomic E-state index is 11.5. The number of aliphatic carboxylic acids is 1. The average molecular weight is 404 g/mol. The molecule has 6 nitrogen and oxygen atoms in total. The second kappa shape index (κ2) is 9.73. The summed E-state index contributed by atoms with van der Waals surface area (Å²) >= 11 is 0. The minimum atomic E-state index is -0.964. The Morgan fingerprint density at radius 1 is 0.900 bits per heavy atom. The first-order valence-electron chi connectivity index (χ1n) is 9.48. The maximum atomic E-state index is 11.5. The maximum Gasteiger partial charge on any atom is 0.353 e. The zero-order valence-corrected chi connectivity index (χ0v) is 16.4. The third-order valence-electron chi connectivity index (χ3n) is 4.82. The van der Waals surface area contributed by atoms with Gasteiger partial charge >= 0.3 is 5.97 Å². The van der Waals surface area contributed by atoms with Crippen molar-refractivity contribution < 1.29 is 20.1 Å². The molecule has 0 spiro atoms. The molecule has 3 aromatic carbocycles. The molecule has 0 saturated carbocycles. The lowest BCUT2D eigenvalue weighted by atomic mass is 10.1. The number of benzene rings is 3. The van der Waals surface area contributed by atoms with E-state index in [2.05, 4.69) is 5.43 Å². The van der Waals surface area contributed by atoms with Gasteiger partial charge in [0.1, 0.15) is 18.1 Å². The number of hydrogen-bond acceptors (Lipinski definition) is 4. The minimum absolute atomic E-state index is 0. The zero-order valence-electron chi connectivity index (χ0n) is 16.4. The summed E-state index contributed by atoms with van der Waals surface area (Å²) in [7, 11) is 0. The van der Waals surface area contributed by atoms with Gasteiger partial charge in [0.2, 0.25) is 0 Å². The van der Waals surface area contributed by atoms with Crippen LogP contribution in [0.5, 0.6) is 5.75 Å². The number of carboxylic acids is 1. The van der Waals surface area contributed by atoms with Crippen LogP contribution in [0.3, 0.4) is 0 Å². The second-order valence-electron chi connectivity index (χ2n) is 6.90. The van der Waals surface area contributed by atoms with Crippen LogP contribution in [0.25, 0.3) is 0 Å². The second-order valence-corrected chi connectivity index (χ2v) is 6.90. The lowest BCUT2D eigenvalue weighted by Gasteiger charge is -2.25. The topological polar surface area (TPSA) is 93.3 Å². The summed E-state index contributed by atoms with van der Waals surface area (Å²) in [5.74, 6) is -0.186. The van der Waals surface area contributed by atoms with Gasteiger partial charge in [-0.2, -0.15) is 0 Å². The summed E-state index contributed by atoms with van der Waals surface area (Å²) in [5.41, 5.74) is 6.41. The number of rotatable bonds is 7. The molecule has 4 N–H and O–H groups in total. The molecule has 0 aromatic heterocycles. The molecule has 30 heavy (non-hydrogen) atoms. The predicted octanol–water partition coefficient (Wildman–Crippen LogP) is 3.47. The molecular weight excluding hydrogens is 380 g/mol. The average Bonchev–Trinajstić information content (AvgIpc) is 3.18. The number of ether oxygens (including phenoxy) is 1. The van der Waals surface area contributed by atoms with Crippen molar-refractivity contribution in [1.29, 1.82) is 0 Å². The van der Waals surface area contributed by atoms with Crippen molar-refractivity contribution in [2.75, 3.05) is 0 Å². The molecule has 0 bridgehead atoms. The summed E-state index contributed by atoms with van der Waals surface area (Å²) in [5, 5.41) is 11.3. The first kappa shape index (κ1) is 21.1. The quantitative estimate of drug-likeness (QED) is 0.629. The monoisotopic (exact) mass is 404 g/mol. The van der Waals surface area contributed by atoms with Crippen molar-refractivity contribution in [1.82, 2.24) is 10.4 Å². The molecule has 6 heteroatoms. The Labute approximate surface area is 175 Å². The van der Waals surface area contributed by atoms with Crippen molar-refractivity contribution in [3.8, 4) is 5.75 Å². The smallest absolute Gasteiger partial charge is 0.353 e. The number of nitrogens with zero attached hydrogens (tertiary/aromatic N) is 1. The lowest BCUT2D eigenvalue weighted by molar-refractivity contribution is -0.133. The van der Waals surface area contributed by atoms with E-state index in [1.807, 2.05) is 89.9 Å². The predicted molar refractivity (Wildman–Crippen MR) is 114 cm³/mol. The third-order valence-corrected chi connectivity index (χ3v) is 4.82. The molecule has 4 rings (SSSR count). The van der Waals surface area contributed by atoms with E-state index < -0.39 is 5.97 Å². The molecule has 154 valence electrons. The molecule has 3 aromatic rings. The Hall–Kier alpha value is -3.61. The van der Waals surface area contributed by atoms with Gasteiger partial charge in [0.05, 0.1) is 6.04 Å². The summed E-state index contributed by atoms with van der Waals surface area (Å²) in [6.45, 7) is 1.10. The fourth-order valence-electron chi connectivity index (χ4n) is 3.32. The van der Waals surface area contributed by atoms with E-state index in [0.717, 1.165) is 22.4 Å². The van der Waals surface area contributed by atoms with Gasteiger partial charge in [-0.25, -0.2) is 9.80 Å². The molecule has 1 heterocycles. The largest absolute Gasteiger partial charge is 0.489 e. The van der Waals surface area contributed by atoms with Gasteiger partial charge in [-0.15, -0.1) is 0 Å². The number of nitrogens with one attached hydrogen (secondary N) is 1. The Kier molecular flexibility index (Phi) is 6.85. The fourth-order valence-corrected chi connectivity index (χ4v) is 3.32. The number of carboxylic acid groups (broad SMARTS) is 1. The molecule has 0 radical (unpaired) electrons. The molecule has 0 fully saturated rings. The van der Waals surface area contributed by atoms with Crippen LogP contribution in [-0.2, 0) is 17.9 Å². The van der Waals surface area contributed by atoms with Crippen molar-refractivity contribution in [3.63, 3.8) is 0 Å². The Morgan fingerprint density at radius 2 is 1.50 bits per heavy atom. The molecule has 1 atom stereocenters. The minimum Gasteiger partial charge on any atom is -0.489 e. The molecule has 0 saturated heterocycles. The first-order chi connectivity index (χ1) is 14.2. The normalized spacial score (nSPS) is 15.6. The van der Waals surface area contributed by atoms with Crippen LogP contribution >= 0.6 is 0 Å². The standard InChI is InChI=1S/C24H22N2O3.H2O/c27-24(28)22-15-23(26(25-22)16-18-7-3-1-4-8-18)20-11-13-21(14-12-20)29-17-19-9-5-2-6-10-19;/h1-15,23,25H,16-17H2,(H,27,28);1H2. The first-order valence-corrected chi connectivity index (χ1v) is 9.48. The van der Waals surface area contributed by atoms with Crippen LogP contribution in [-0.4, -0.2) is 21.6 Å². The zero-order chi connectivity index (χ0) is 20.1. The van der Waals surface area contributed by atoms with Crippen LogP contribution in [0.1, 0.15) is 22.7 Å². The Morgan fingerprint density at radius 3 is 2.10 bits per heavy atom. The van der Waals surface area contributed by atoms with Gasteiger partial charge in [-0.3, -0.25) is 0 Å². The van der Waals surface area contributed by atoms with Crippen molar-refractivity contribution in [2.24, 2.45) is 0 Å². The Balaban J connectivity index is 0.00000256. The van der Waals surface area contributed by atoms with E-state index in [1.165, 1.54) is 0 Å². The van der Waals surface area contributed by atoms with E-state index in [9.17, 15) is 9.90 Å². The SMILES string of the molecule is O.O=C(O)C1=CC(c2ccc(OCc3ccccc3)cc2)N(Cc2ccccc2)N1. The molecule has 1 aliphatic rings. The van der Waals surface area contributed by atoms with Gasteiger partial charge in [-0.05, 0) is 34.9 Å². The van der Waals surface area contributed by atoms with Gasteiger partial charge in [0, 0.05) is 6.54 Å². The van der Waals surface area contributed by atoms with Crippen LogP contribution < -0.4 is 10.2 Å². The van der Waals surface area contributed by atoms with Crippen LogP contribution in [0.4, 0.5) is 0 Å². The highest BCUT2D eigenvalue weighted by Crippen LogP contribution is 2.30. The fraction of sp³-hybridized carbons (Fsp3) is 0.125. The van der Waals surface area contributed by atoms with Crippen molar-refractivity contribution >= 4 is 5.97 Å². The van der Waals surface area contributed by atoms with Crippen LogP contribution in [0, 0.1) is 0 Å².